The van der Waals surface area contributed by atoms with Crippen molar-refractivity contribution in [2.24, 2.45) is 23.7 Å². The van der Waals surface area contributed by atoms with E-state index in [1.54, 1.807) is 6.92 Å². The van der Waals surface area contributed by atoms with Gasteiger partial charge in [-0.05, 0) is 56.4 Å². The van der Waals surface area contributed by atoms with Gasteiger partial charge in [0.25, 0.3) is 0 Å². The van der Waals surface area contributed by atoms with Crippen molar-refractivity contribution in [1.82, 2.24) is 0 Å². The van der Waals surface area contributed by atoms with Crippen molar-refractivity contribution in [3.8, 4) is 0 Å². The van der Waals surface area contributed by atoms with Gasteiger partial charge in [0.05, 0.1) is 24.0 Å². The molecular weight excluding hydrogens is 366 g/mol. The number of rotatable bonds is 5. The summed E-state index contributed by atoms with van der Waals surface area (Å²) in [4.78, 5) is 38.5. The van der Waals surface area contributed by atoms with Crippen molar-refractivity contribution in [3.05, 3.63) is 28.2 Å². The molecule has 1 fully saturated rings. The van der Waals surface area contributed by atoms with Gasteiger partial charge < -0.3 is 15.2 Å². The quantitative estimate of drug-likeness (QED) is 0.596. The predicted octanol–water partition coefficient (Wildman–Crippen LogP) is 3.27. The van der Waals surface area contributed by atoms with E-state index in [-0.39, 0.29) is 24.3 Å². The van der Waals surface area contributed by atoms with Gasteiger partial charge in [0, 0.05) is 4.88 Å². The number of anilines is 1. The number of carboxylic acids is 1. The fourth-order valence-corrected chi connectivity index (χ4v) is 6.08. The molecule has 2 bridgehead atoms. The van der Waals surface area contributed by atoms with E-state index in [0.717, 1.165) is 42.5 Å². The number of fused-ring (bicyclic) bond motifs is 3. The minimum absolute atomic E-state index is 0.0612. The standard InChI is InChI=1S/C20H23NO5S/c1-2-26-20(25)16-12-4-3-5-13(12)27-18(16)21-17(22)14-10-6-8-11(9-7-10)15(14)19(23)24/h6,8,10-11,14-15H,2-5,7,9H2,1H3,(H,21,22)(H,23,24)/t10-,11-,14-,15+/m0/s1. The highest BCUT2D eigenvalue weighted by Crippen LogP contribution is 2.46. The average Bonchev–Trinajstić information content (AvgIpc) is 3.22. The Labute approximate surface area is 161 Å². The van der Waals surface area contributed by atoms with Gasteiger partial charge in [-0.15, -0.1) is 11.3 Å². The molecule has 0 spiro atoms. The molecule has 7 heteroatoms. The molecule has 0 unspecified atom stereocenters. The maximum atomic E-state index is 13.1. The summed E-state index contributed by atoms with van der Waals surface area (Å²) >= 11 is 1.43. The first kappa shape index (κ1) is 18.2. The second kappa shape index (κ2) is 7.11. The number of allylic oxidation sites excluding steroid dienone is 2. The van der Waals surface area contributed by atoms with Gasteiger partial charge in [-0.3, -0.25) is 9.59 Å². The van der Waals surface area contributed by atoms with Gasteiger partial charge in [-0.25, -0.2) is 4.79 Å². The average molecular weight is 389 g/mol. The zero-order valence-corrected chi connectivity index (χ0v) is 16.0. The number of hydrogen-bond donors (Lipinski definition) is 2. The van der Waals surface area contributed by atoms with Crippen LogP contribution in [-0.2, 0) is 27.2 Å². The topological polar surface area (TPSA) is 92.7 Å². The fourth-order valence-electron chi connectivity index (χ4n) is 4.79. The number of thiophene rings is 1. The first-order valence-electron chi connectivity index (χ1n) is 9.55. The summed E-state index contributed by atoms with van der Waals surface area (Å²) in [7, 11) is 0. The Bertz CT molecular complexity index is 827. The summed E-state index contributed by atoms with van der Waals surface area (Å²) in [6.07, 6.45) is 8.28. The molecule has 4 aliphatic carbocycles. The molecule has 1 heterocycles. The molecule has 5 rings (SSSR count). The highest BCUT2D eigenvalue weighted by molar-refractivity contribution is 7.17. The van der Waals surface area contributed by atoms with E-state index >= 15 is 0 Å². The Balaban J connectivity index is 1.63. The number of amides is 1. The third-order valence-electron chi connectivity index (χ3n) is 5.97. The lowest BCUT2D eigenvalue weighted by Gasteiger charge is -2.41. The van der Waals surface area contributed by atoms with Crippen LogP contribution < -0.4 is 5.32 Å². The van der Waals surface area contributed by atoms with Crippen LogP contribution >= 0.6 is 11.3 Å². The molecule has 1 saturated carbocycles. The first-order chi connectivity index (χ1) is 13.0. The summed E-state index contributed by atoms with van der Waals surface area (Å²) < 4.78 is 5.20. The summed E-state index contributed by atoms with van der Waals surface area (Å²) in [6.45, 7) is 2.03. The smallest absolute Gasteiger partial charge is 0.341 e. The van der Waals surface area contributed by atoms with Gasteiger partial charge in [0.1, 0.15) is 5.00 Å². The highest BCUT2D eigenvalue weighted by atomic mass is 32.1. The number of carbonyl (C=O) groups is 3. The Morgan fingerprint density at radius 1 is 1.19 bits per heavy atom. The number of carbonyl (C=O) groups excluding carboxylic acids is 2. The fraction of sp³-hybridized carbons (Fsp3) is 0.550. The number of carboxylic acid groups (broad SMARTS) is 1. The molecule has 144 valence electrons. The number of hydrogen-bond acceptors (Lipinski definition) is 5. The number of aryl methyl sites for hydroxylation is 1. The number of ether oxygens (including phenoxy) is 1. The van der Waals surface area contributed by atoms with Crippen molar-refractivity contribution >= 4 is 34.2 Å². The van der Waals surface area contributed by atoms with E-state index in [1.807, 2.05) is 12.2 Å². The molecule has 0 saturated heterocycles. The molecule has 1 aromatic rings. The van der Waals surface area contributed by atoms with Crippen molar-refractivity contribution < 1.29 is 24.2 Å². The molecule has 1 aromatic heterocycles. The Kier molecular flexibility index (Phi) is 4.80. The lowest BCUT2D eigenvalue weighted by atomic mass is 9.62. The summed E-state index contributed by atoms with van der Waals surface area (Å²) in [5.41, 5.74) is 1.44. The second-order valence-corrected chi connectivity index (χ2v) is 8.56. The minimum Gasteiger partial charge on any atom is -0.481 e. The van der Waals surface area contributed by atoms with Crippen molar-refractivity contribution in [2.75, 3.05) is 11.9 Å². The summed E-state index contributed by atoms with van der Waals surface area (Å²) in [5.74, 6) is -3.09. The molecule has 6 nitrogen and oxygen atoms in total. The lowest BCUT2D eigenvalue weighted by Crippen LogP contribution is -2.47. The Hall–Kier alpha value is -2.15. The van der Waals surface area contributed by atoms with E-state index in [2.05, 4.69) is 5.32 Å². The van der Waals surface area contributed by atoms with Crippen LogP contribution in [0.4, 0.5) is 5.00 Å². The monoisotopic (exact) mass is 389 g/mol. The van der Waals surface area contributed by atoms with E-state index < -0.39 is 23.8 Å². The lowest BCUT2D eigenvalue weighted by molar-refractivity contribution is -0.151. The van der Waals surface area contributed by atoms with Gasteiger partial charge >= 0.3 is 11.9 Å². The third-order valence-corrected chi connectivity index (χ3v) is 7.18. The predicted molar refractivity (Wildman–Crippen MR) is 101 cm³/mol. The normalized spacial score (nSPS) is 28.0. The molecule has 4 atom stereocenters. The number of aliphatic carboxylic acids is 1. The van der Waals surface area contributed by atoms with E-state index in [9.17, 15) is 19.5 Å². The van der Waals surface area contributed by atoms with Crippen LogP contribution in [0.2, 0.25) is 0 Å². The van der Waals surface area contributed by atoms with E-state index in [0.29, 0.717) is 10.6 Å². The van der Waals surface area contributed by atoms with Crippen LogP contribution in [0.15, 0.2) is 12.2 Å². The zero-order chi connectivity index (χ0) is 19.1. The number of nitrogens with one attached hydrogen (secondary N) is 1. The molecule has 1 amide bonds. The Morgan fingerprint density at radius 3 is 2.52 bits per heavy atom. The van der Waals surface area contributed by atoms with Crippen molar-refractivity contribution in [1.29, 1.82) is 0 Å². The SMILES string of the molecule is CCOC(=O)c1c(NC(=O)[C@@H]2[C@H](C(=O)O)[C@H]3C=C[C@H]2CC3)sc2c1CCC2. The van der Waals surface area contributed by atoms with Crippen LogP contribution in [0.3, 0.4) is 0 Å². The molecule has 2 N–H and O–H groups in total. The van der Waals surface area contributed by atoms with Crippen LogP contribution in [0.5, 0.6) is 0 Å². The van der Waals surface area contributed by atoms with Gasteiger partial charge in [0.15, 0.2) is 0 Å². The largest absolute Gasteiger partial charge is 0.481 e. The van der Waals surface area contributed by atoms with Crippen LogP contribution in [0.1, 0.15) is 47.0 Å². The van der Waals surface area contributed by atoms with E-state index in [1.165, 1.54) is 11.3 Å². The molecule has 0 aromatic carbocycles. The Morgan fingerprint density at radius 2 is 1.89 bits per heavy atom. The second-order valence-electron chi connectivity index (χ2n) is 7.45. The molecule has 0 radical (unpaired) electrons. The van der Waals surface area contributed by atoms with Gasteiger partial charge in [-0.1, -0.05) is 12.2 Å². The molecular formula is C20H23NO5S. The highest BCUT2D eigenvalue weighted by Gasteiger charge is 2.48. The number of esters is 1. The van der Waals surface area contributed by atoms with Crippen LogP contribution in [-0.4, -0.2) is 29.6 Å². The van der Waals surface area contributed by atoms with Crippen molar-refractivity contribution in [2.45, 2.75) is 39.0 Å². The maximum absolute atomic E-state index is 13.1. The van der Waals surface area contributed by atoms with Crippen LogP contribution in [0, 0.1) is 23.7 Å². The van der Waals surface area contributed by atoms with Gasteiger partial charge in [-0.2, -0.15) is 0 Å². The maximum Gasteiger partial charge on any atom is 0.341 e. The van der Waals surface area contributed by atoms with Crippen molar-refractivity contribution in [3.63, 3.8) is 0 Å². The first-order valence-corrected chi connectivity index (χ1v) is 10.4. The molecule has 27 heavy (non-hydrogen) atoms. The zero-order valence-electron chi connectivity index (χ0n) is 15.2. The van der Waals surface area contributed by atoms with E-state index in [4.69, 9.17) is 4.74 Å². The molecule has 4 aliphatic rings. The molecule has 0 aliphatic heterocycles. The minimum atomic E-state index is -0.923. The van der Waals surface area contributed by atoms with Crippen LogP contribution in [0.25, 0.3) is 0 Å². The summed E-state index contributed by atoms with van der Waals surface area (Å²) in [6, 6.07) is 0. The van der Waals surface area contributed by atoms with Gasteiger partial charge in [0.2, 0.25) is 5.91 Å². The third kappa shape index (κ3) is 3.08. The summed E-state index contributed by atoms with van der Waals surface area (Å²) in [5, 5.41) is 13.1.